The molecule has 19 heavy (non-hydrogen) atoms. The highest BCUT2D eigenvalue weighted by Gasteiger charge is 2.20. The van der Waals surface area contributed by atoms with E-state index in [1.165, 1.54) is 0 Å². The SMILES string of the molecule is Cc1ccccc1C(Br)C(=O)OCc1ccccc1. The van der Waals surface area contributed by atoms with Gasteiger partial charge in [-0.3, -0.25) is 4.79 Å². The molecule has 0 saturated heterocycles. The van der Waals surface area contributed by atoms with Crippen LogP contribution in [-0.2, 0) is 16.1 Å². The first-order valence-electron chi connectivity index (χ1n) is 6.08. The van der Waals surface area contributed by atoms with Crippen LogP contribution in [0.4, 0.5) is 0 Å². The summed E-state index contributed by atoms with van der Waals surface area (Å²) in [5, 5.41) is 0. The van der Waals surface area contributed by atoms with Crippen molar-refractivity contribution in [1.82, 2.24) is 0 Å². The molecule has 0 bridgehead atoms. The molecule has 0 saturated carbocycles. The van der Waals surface area contributed by atoms with Crippen LogP contribution in [0.25, 0.3) is 0 Å². The Morgan fingerprint density at radius 3 is 2.42 bits per heavy atom. The lowest BCUT2D eigenvalue weighted by Crippen LogP contribution is -2.11. The minimum atomic E-state index is -0.419. The van der Waals surface area contributed by atoms with E-state index < -0.39 is 4.83 Å². The van der Waals surface area contributed by atoms with E-state index in [0.29, 0.717) is 6.61 Å². The van der Waals surface area contributed by atoms with Crippen molar-refractivity contribution in [3.05, 3.63) is 71.3 Å². The quantitative estimate of drug-likeness (QED) is 0.624. The number of benzene rings is 2. The van der Waals surface area contributed by atoms with E-state index in [4.69, 9.17) is 4.74 Å². The summed E-state index contributed by atoms with van der Waals surface area (Å²) in [5.74, 6) is -0.266. The van der Waals surface area contributed by atoms with Gasteiger partial charge in [0.25, 0.3) is 0 Å². The summed E-state index contributed by atoms with van der Waals surface area (Å²) >= 11 is 3.40. The topological polar surface area (TPSA) is 26.3 Å². The van der Waals surface area contributed by atoms with Crippen LogP contribution in [-0.4, -0.2) is 5.97 Å². The third-order valence-electron chi connectivity index (χ3n) is 2.89. The van der Waals surface area contributed by atoms with Crippen molar-refractivity contribution in [2.24, 2.45) is 0 Å². The Morgan fingerprint density at radius 1 is 1.11 bits per heavy atom. The van der Waals surface area contributed by atoms with Crippen LogP contribution in [0.2, 0.25) is 0 Å². The fourth-order valence-electron chi connectivity index (χ4n) is 1.80. The summed E-state index contributed by atoms with van der Waals surface area (Å²) in [6.07, 6.45) is 0. The zero-order chi connectivity index (χ0) is 13.7. The summed E-state index contributed by atoms with van der Waals surface area (Å²) in [7, 11) is 0. The number of carbonyl (C=O) groups excluding carboxylic acids is 1. The maximum atomic E-state index is 12.0. The van der Waals surface area contributed by atoms with Gasteiger partial charge >= 0.3 is 5.97 Å². The molecule has 0 heterocycles. The lowest BCUT2D eigenvalue weighted by molar-refractivity contribution is -0.144. The number of hydrogen-bond acceptors (Lipinski definition) is 2. The second kappa shape index (κ2) is 6.53. The third kappa shape index (κ3) is 3.67. The Morgan fingerprint density at radius 2 is 1.74 bits per heavy atom. The molecular formula is C16H15BrO2. The van der Waals surface area contributed by atoms with Gasteiger partial charge < -0.3 is 4.74 Å². The highest BCUT2D eigenvalue weighted by Crippen LogP contribution is 2.27. The molecule has 0 radical (unpaired) electrons. The summed E-state index contributed by atoms with van der Waals surface area (Å²) in [6, 6.07) is 17.4. The average molecular weight is 319 g/mol. The summed E-state index contributed by atoms with van der Waals surface area (Å²) < 4.78 is 5.31. The van der Waals surface area contributed by atoms with Gasteiger partial charge in [0.15, 0.2) is 0 Å². The van der Waals surface area contributed by atoms with Crippen molar-refractivity contribution in [3.8, 4) is 0 Å². The summed E-state index contributed by atoms with van der Waals surface area (Å²) in [4.78, 5) is 11.6. The van der Waals surface area contributed by atoms with Crippen LogP contribution in [0, 0.1) is 6.92 Å². The normalized spacial score (nSPS) is 11.9. The lowest BCUT2D eigenvalue weighted by atomic mass is 10.1. The molecule has 98 valence electrons. The molecule has 2 aromatic rings. The molecule has 0 aliphatic carbocycles. The number of carbonyl (C=O) groups is 1. The molecule has 0 aromatic heterocycles. The van der Waals surface area contributed by atoms with Crippen molar-refractivity contribution in [2.45, 2.75) is 18.4 Å². The summed E-state index contributed by atoms with van der Waals surface area (Å²) in [6.45, 7) is 2.28. The van der Waals surface area contributed by atoms with Gasteiger partial charge in [-0.2, -0.15) is 0 Å². The molecule has 3 heteroatoms. The van der Waals surface area contributed by atoms with Crippen LogP contribution in [0.5, 0.6) is 0 Å². The van der Waals surface area contributed by atoms with Crippen LogP contribution in [0.3, 0.4) is 0 Å². The Labute approximate surface area is 121 Å². The highest BCUT2D eigenvalue weighted by molar-refractivity contribution is 9.09. The van der Waals surface area contributed by atoms with E-state index in [2.05, 4.69) is 15.9 Å². The molecule has 2 nitrogen and oxygen atoms in total. The molecule has 1 unspecified atom stereocenters. The molecular weight excluding hydrogens is 304 g/mol. The van der Waals surface area contributed by atoms with Crippen molar-refractivity contribution in [2.75, 3.05) is 0 Å². The molecule has 2 rings (SSSR count). The first-order valence-corrected chi connectivity index (χ1v) is 7.00. The molecule has 2 aromatic carbocycles. The number of rotatable bonds is 4. The number of ether oxygens (including phenoxy) is 1. The van der Waals surface area contributed by atoms with Crippen LogP contribution in [0.15, 0.2) is 54.6 Å². The molecule has 0 aliphatic heterocycles. The molecule has 0 spiro atoms. The van der Waals surface area contributed by atoms with Crippen LogP contribution in [0.1, 0.15) is 21.5 Å². The van der Waals surface area contributed by atoms with Gasteiger partial charge in [-0.1, -0.05) is 70.5 Å². The Bertz CT molecular complexity index is 552. The maximum Gasteiger partial charge on any atom is 0.324 e. The van der Waals surface area contributed by atoms with Gasteiger partial charge in [-0.05, 0) is 23.6 Å². The molecule has 0 N–H and O–H groups in total. The Balaban J connectivity index is 1.99. The second-order valence-electron chi connectivity index (χ2n) is 4.31. The minimum Gasteiger partial charge on any atom is -0.460 e. The number of halogens is 1. The first kappa shape index (κ1) is 13.8. The lowest BCUT2D eigenvalue weighted by Gasteiger charge is -2.12. The number of esters is 1. The molecule has 0 aliphatic rings. The van der Waals surface area contributed by atoms with Crippen molar-refractivity contribution >= 4 is 21.9 Å². The van der Waals surface area contributed by atoms with Crippen LogP contribution < -0.4 is 0 Å². The van der Waals surface area contributed by atoms with E-state index in [9.17, 15) is 4.79 Å². The van der Waals surface area contributed by atoms with Crippen molar-refractivity contribution in [1.29, 1.82) is 0 Å². The number of aryl methyl sites for hydroxylation is 1. The largest absolute Gasteiger partial charge is 0.460 e. The summed E-state index contributed by atoms with van der Waals surface area (Å²) in [5.41, 5.74) is 3.00. The average Bonchev–Trinajstić information content (AvgIpc) is 2.45. The molecule has 1 atom stereocenters. The molecule has 0 fully saturated rings. The van der Waals surface area contributed by atoms with Gasteiger partial charge in [-0.15, -0.1) is 0 Å². The smallest absolute Gasteiger partial charge is 0.324 e. The molecule has 0 amide bonds. The third-order valence-corrected chi connectivity index (χ3v) is 3.76. The van der Waals surface area contributed by atoms with E-state index in [1.54, 1.807) is 0 Å². The van der Waals surface area contributed by atoms with Crippen molar-refractivity contribution in [3.63, 3.8) is 0 Å². The maximum absolute atomic E-state index is 12.0. The first-order chi connectivity index (χ1) is 9.18. The van der Waals surface area contributed by atoms with Gasteiger partial charge in [0, 0.05) is 0 Å². The monoisotopic (exact) mass is 318 g/mol. The van der Waals surface area contributed by atoms with E-state index in [1.807, 2.05) is 61.5 Å². The van der Waals surface area contributed by atoms with Gasteiger partial charge in [0.2, 0.25) is 0 Å². The fraction of sp³-hybridized carbons (Fsp3) is 0.188. The van der Waals surface area contributed by atoms with Gasteiger partial charge in [-0.25, -0.2) is 0 Å². The van der Waals surface area contributed by atoms with Crippen LogP contribution >= 0.6 is 15.9 Å². The standard InChI is InChI=1S/C16H15BrO2/c1-12-7-5-6-10-14(12)15(17)16(18)19-11-13-8-3-2-4-9-13/h2-10,15H,11H2,1H3. The Kier molecular flexibility index (Phi) is 4.74. The number of hydrogen-bond donors (Lipinski definition) is 0. The van der Waals surface area contributed by atoms with Crippen molar-refractivity contribution < 1.29 is 9.53 Å². The highest BCUT2D eigenvalue weighted by atomic mass is 79.9. The fourth-order valence-corrected chi connectivity index (χ4v) is 2.45. The Hall–Kier alpha value is -1.61. The predicted octanol–water partition coefficient (Wildman–Crippen LogP) is 4.17. The van der Waals surface area contributed by atoms with E-state index in [0.717, 1.165) is 16.7 Å². The zero-order valence-corrected chi connectivity index (χ0v) is 12.3. The van der Waals surface area contributed by atoms with E-state index in [-0.39, 0.29) is 5.97 Å². The zero-order valence-electron chi connectivity index (χ0n) is 10.7. The number of alkyl halides is 1. The van der Waals surface area contributed by atoms with Gasteiger partial charge in [0.05, 0.1) is 0 Å². The minimum absolute atomic E-state index is 0.266. The predicted molar refractivity (Wildman–Crippen MR) is 79.1 cm³/mol. The second-order valence-corrected chi connectivity index (χ2v) is 5.23. The van der Waals surface area contributed by atoms with E-state index >= 15 is 0 Å². The van der Waals surface area contributed by atoms with Gasteiger partial charge in [0.1, 0.15) is 11.4 Å².